The highest BCUT2D eigenvalue weighted by Crippen LogP contribution is 2.12. The number of hydrogen-bond donors (Lipinski definition) is 1. The Morgan fingerprint density at radius 1 is 1.44 bits per heavy atom. The van der Waals surface area contributed by atoms with Gasteiger partial charge in [-0.05, 0) is 32.7 Å². The third-order valence-corrected chi connectivity index (χ3v) is 3.47. The minimum absolute atomic E-state index is 0.489. The Balaban J connectivity index is 2.10. The van der Waals surface area contributed by atoms with E-state index >= 15 is 0 Å². The highest BCUT2D eigenvalue weighted by Gasteiger charge is 2.18. The fraction of sp³-hybridized carbons (Fsp3) is 1.00. The van der Waals surface area contributed by atoms with E-state index in [1.54, 1.807) is 0 Å². The molecule has 0 radical (unpaired) electrons. The van der Waals surface area contributed by atoms with E-state index in [4.69, 9.17) is 4.74 Å². The molecule has 1 aliphatic heterocycles. The number of nitrogens with zero attached hydrogens (tertiary/aromatic N) is 1. The van der Waals surface area contributed by atoms with E-state index in [1.165, 1.54) is 19.3 Å². The largest absolute Gasteiger partial charge is 0.377 e. The zero-order valence-corrected chi connectivity index (χ0v) is 11.2. The van der Waals surface area contributed by atoms with Crippen molar-refractivity contribution in [1.82, 2.24) is 10.2 Å². The summed E-state index contributed by atoms with van der Waals surface area (Å²) in [6, 6.07) is 0.640. The van der Waals surface area contributed by atoms with Gasteiger partial charge in [0.2, 0.25) is 0 Å². The molecule has 2 unspecified atom stereocenters. The summed E-state index contributed by atoms with van der Waals surface area (Å²) in [5, 5.41) is 3.54. The average molecular weight is 228 g/mol. The minimum atomic E-state index is 0.489. The fourth-order valence-corrected chi connectivity index (χ4v) is 2.07. The van der Waals surface area contributed by atoms with Gasteiger partial charge in [0.05, 0.1) is 6.10 Å². The molecule has 96 valence electrons. The number of nitrogens with one attached hydrogen (secondary N) is 1. The van der Waals surface area contributed by atoms with Gasteiger partial charge in [0.15, 0.2) is 0 Å². The van der Waals surface area contributed by atoms with Crippen molar-refractivity contribution in [2.24, 2.45) is 0 Å². The van der Waals surface area contributed by atoms with E-state index in [2.05, 4.69) is 31.0 Å². The second-order valence-electron chi connectivity index (χ2n) is 4.79. The van der Waals surface area contributed by atoms with Gasteiger partial charge in [-0.1, -0.05) is 13.8 Å². The number of rotatable bonds is 8. The lowest BCUT2D eigenvalue weighted by atomic mass is 10.2. The standard InChI is InChI=1S/C13H28N2O/c1-4-12(3)14-8-9-15(5-2)11-13-7-6-10-16-13/h12-14H,4-11H2,1-3H3. The van der Waals surface area contributed by atoms with Gasteiger partial charge in [-0.15, -0.1) is 0 Å². The lowest BCUT2D eigenvalue weighted by Crippen LogP contribution is -2.39. The van der Waals surface area contributed by atoms with Crippen molar-refractivity contribution < 1.29 is 4.74 Å². The van der Waals surface area contributed by atoms with Gasteiger partial charge in [-0.3, -0.25) is 4.90 Å². The SMILES string of the molecule is CCC(C)NCCN(CC)CC1CCCO1. The summed E-state index contributed by atoms with van der Waals surface area (Å²) in [4.78, 5) is 2.49. The van der Waals surface area contributed by atoms with Crippen LogP contribution >= 0.6 is 0 Å². The summed E-state index contributed by atoms with van der Waals surface area (Å²) in [6.07, 6.45) is 4.18. The second-order valence-corrected chi connectivity index (χ2v) is 4.79. The second kappa shape index (κ2) is 8.04. The number of ether oxygens (including phenoxy) is 1. The molecule has 0 aliphatic carbocycles. The molecule has 2 atom stereocenters. The number of likely N-dealkylation sites (N-methyl/N-ethyl adjacent to an activating group) is 1. The summed E-state index contributed by atoms with van der Waals surface area (Å²) >= 11 is 0. The van der Waals surface area contributed by atoms with Crippen molar-refractivity contribution in [3.8, 4) is 0 Å². The first-order chi connectivity index (χ1) is 7.76. The summed E-state index contributed by atoms with van der Waals surface area (Å²) < 4.78 is 5.67. The fourth-order valence-electron chi connectivity index (χ4n) is 2.07. The first-order valence-corrected chi connectivity index (χ1v) is 6.83. The topological polar surface area (TPSA) is 24.5 Å². The Morgan fingerprint density at radius 2 is 2.25 bits per heavy atom. The van der Waals surface area contributed by atoms with E-state index in [-0.39, 0.29) is 0 Å². The van der Waals surface area contributed by atoms with Crippen molar-refractivity contribution in [3.63, 3.8) is 0 Å². The summed E-state index contributed by atoms with van der Waals surface area (Å²) in [6.45, 7) is 12.1. The van der Waals surface area contributed by atoms with Crippen LogP contribution in [0.4, 0.5) is 0 Å². The minimum Gasteiger partial charge on any atom is -0.377 e. The normalized spacial score (nSPS) is 22.9. The third kappa shape index (κ3) is 5.28. The molecule has 1 saturated heterocycles. The number of hydrogen-bond acceptors (Lipinski definition) is 3. The molecule has 0 saturated carbocycles. The first-order valence-electron chi connectivity index (χ1n) is 6.83. The average Bonchev–Trinajstić information content (AvgIpc) is 2.80. The predicted molar refractivity (Wildman–Crippen MR) is 68.8 cm³/mol. The van der Waals surface area contributed by atoms with Gasteiger partial charge in [0.25, 0.3) is 0 Å². The molecule has 0 aromatic carbocycles. The van der Waals surface area contributed by atoms with E-state index in [0.29, 0.717) is 12.1 Å². The molecule has 1 aliphatic rings. The van der Waals surface area contributed by atoms with Crippen molar-refractivity contribution >= 4 is 0 Å². The maximum atomic E-state index is 5.67. The van der Waals surface area contributed by atoms with Crippen molar-refractivity contribution in [2.45, 2.75) is 52.2 Å². The maximum Gasteiger partial charge on any atom is 0.0702 e. The molecule has 0 amide bonds. The Bertz CT molecular complexity index is 169. The van der Waals surface area contributed by atoms with Gasteiger partial charge in [0.1, 0.15) is 0 Å². The van der Waals surface area contributed by atoms with Crippen LogP contribution in [0.3, 0.4) is 0 Å². The van der Waals surface area contributed by atoms with Crippen LogP contribution in [0.25, 0.3) is 0 Å². The van der Waals surface area contributed by atoms with Crippen LogP contribution in [0.5, 0.6) is 0 Å². The molecule has 3 heteroatoms. The molecule has 0 aromatic heterocycles. The Kier molecular flexibility index (Phi) is 7.01. The highest BCUT2D eigenvalue weighted by molar-refractivity contribution is 4.71. The van der Waals surface area contributed by atoms with Crippen LogP contribution in [0.2, 0.25) is 0 Å². The van der Waals surface area contributed by atoms with Crippen molar-refractivity contribution in [3.05, 3.63) is 0 Å². The molecule has 1 fully saturated rings. The zero-order valence-electron chi connectivity index (χ0n) is 11.2. The molecular weight excluding hydrogens is 200 g/mol. The Labute approximate surface area is 101 Å². The van der Waals surface area contributed by atoms with E-state index in [1.807, 2.05) is 0 Å². The van der Waals surface area contributed by atoms with Crippen LogP contribution in [0.1, 0.15) is 40.0 Å². The maximum absolute atomic E-state index is 5.67. The van der Waals surface area contributed by atoms with Gasteiger partial charge >= 0.3 is 0 Å². The molecule has 1 N–H and O–H groups in total. The van der Waals surface area contributed by atoms with Crippen molar-refractivity contribution in [2.75, 3.05) is 32.8 Å². The third-order valence-electron chi connectivity index (χ3n) is 3.47. The van der Waals surface area contributed by atoms with Crippen molar-refractivity contribution in [1.29, 1.82) is 0 Å². The highest BCUT2D eigenvalue weighted by atomic mass is 16.5. The van der Waals surface area contributed by atoms with Crippen LogP contribution in [0, 0.1) is 0 Å². The molecule has 0 aromatic rings. The smallest absolute Gasteiger partial charge is 0.0702 e. The van der Waals surface area contributed by atoms with Gasteiger partial charge in [0, 0.05) is 32.3 Å². The molecule has 0 bridgehead atoms. The predicted octanol–water partition coefficient (Wildman–Crippen LogP) is 1.88. The van der Waals surface area contributed by atoms with Crippen LogP contribution in [-0.4, -0.2) is 49.8 Å². The monoisotopic (exact) mass is 228 g/mol. The lowest BCUT2D eigenvalue weighted by molar-refractivity contribution is 0.0749. The summed E-state index contributed by atoms with van der Waals surface area (Å²) in [5.41, 5.74) is 0. The molecule has 16 heavy (non-hydrogen) atoms. The Hall–Kier alpha value is -0.120. The van der Waals surface area contributed by atoms with Gasteiger partial charge in [-0.25, -0.2) is 0 Å². The van der Waals surface area contributed by atoms with E-state index in [0.717, 1.165) is 32.8 Å². The van der Waals surface area contributed by atoms with Crippen LogP contribution < -0.4 is 5.32 Å². The zero-order chi connectivity index (χ0) is 11.8. The molecule has 3 nitrogen and oxygen atoms in total. The summed E-state index contributed by atoms with van der Waals surface area (Å²) in [5.74, 6) is 0. The Morgan fingerprint density at radius 3 is 2.81 bits per heavy atom. The van der Waals surface area contributed by atoms with Crippen LogP contribution in [0.15, 0.2) is 0 Å². The first kappa shape index (κ1) is 13.9. The quantitative estimate of drug-likeness (QED) is 0.686. The van der Waals surface area contributed by atoms with Gasteiger partial charge < -0.3 is 10.1 Å². The van der Waals surface area contributed by atoms with Gasteiger partial charge in [-0.2, -0.15) is 0 Å². The molecule has 1 heterocycles. The van der Waals surface area contributed by atoms with E-state index in [9.17, 15) is 0 Å². The van der Waals surface area contributed by atoms with E-state index < -0.39 is 0 Å². The van der Waals surface area contributed by atoms with Crippen LogP contribution in [-0.2, 0) is 4.74 Å². The molecule has 0 spiro atoms. The summed E-state index contributed by atoms with van der Waals surface area (Å²) in [7, 11) is 0. The lowest BCUT2D eigenvalue weighted by Gasteiger charge is -2.24. The molecular formula is C13H28N2O. The molecule has 1 rings (SSSR count).